The van der Waals surface area contributed by atoms with Crippen LogP contribution >= 0.6 is 0 Å². The van der Waals surface area contributed by atoms with E-state index in [2.05, 4.69) is 5.32 Å². The number of carbonyl (C=O) groups is 3. The Kier molecular flexibility index (Phi) is 7.43. The Bertz CT molecular complexity index is 719. The first-order valence-electron chi connectivity index (χ1n) is 9.83. The minimum absolute atomic E-state index is 0.0347. The Labute approximate surface area is 166 Å². The van der Waals surface area contributed by atoms with Gasteiger partial charge in [-0.2, -0.15) is 0 Å². The van der Waals surface area contributed by atoms with Crippen molar-refractivity contribution >= 4 is 17.8 Å². The first-order chi connectivity index (χ1) is 13.3. The molecule has 0 saturated carbocycles. The maximum atomic E-state index is 12.4. The van der Waals surface area contributed by atoms with Gasteiger partial charge in [-0.3, -0.25) is 14.4 Å². The molecule has 0 aromatic heterocycles. The third kappa shape index (κ3) is 4.82. The molecular formula is C21H30N2O5. The summed E-state index contributed by atoms with van der Waals surface area (Å²) in [6.07, 6.45) is 1.26. The maximum absolute atomic E-state index is 12.4. The van der Waals surface area contributed by atoms with E-state index in [0.29, 0.717) is 43.9 Å². The summed E-state index contributed by atoms with van der Waals surface area (Å²) in [4.78, 5) is 38.1. The van der Waals surface area contributed by atoms with Gasteiger partial charge in [0.25, 0.3) is 5.91 Å². The van der Waals surface area contributed by atoms with Crippen LogP contribution in [0, 0.1) is 11.3 Å². The monoisotopic (exact) mass is 390 g/mol. The number of aliphatic carboxylic acids is 1. The second-order valence-electron chi connectivity index (χ2n) is 7.47. The van der Waals surface area contributed by atoms with Gasteiger partial charge in [-0.25, -0.2) is 0 Å². The second-order valence-corrected chi connectivity index (χ2v) is 7.47. The summed E-state index contributed by atoms with van der Waals surface area (Å²) >= 11 is 0. The first kappa shape index (κ1) is 21.7. The highest BCUT2D eigenvalue weighted by atomic mass is 16.5. The zero-order chi connectivity index (χ0) is 20.7. The Balaban J connectivity index is 1.81. The van der Waals surface area contributed by atoms with E-state index in [1.807, 2.05) is 26.8 Å². The van der Waals surface area contributed by atoms with Gasteiger partial charge in [0.1, 0.15) is 5.75 Å². The van der Waals surface area contributed by atoms with Gasteiger partial charge in [0.05, 0.1) is 17.6 Å². The average Bonchev–Trinajstić information content (AvgIpc) is 3.13. The third-order valence-corrected chi connectivity index (χ3v) is 5.47. The fraction of sp³-hybridized carbons (Fsp3) is 0.571. The molecule has 1 atom stereocenters. The average molecular weight is 390 g/mol. The van der Waals surface area contributed by atoms with E-state index in [0.717, 1.165) is 0 Å². The summed E-state index contributed by atoms with van der Waals surface area (Å²) in [6.45, 7) is 7.20. The molecule has 2 rings (SSSR count). The zero-order valence-corrected chi connectivity index (χ0v) is 16.9. The molecule has 1 aromatic rings. The summed E-state index contributed by atoms with van der Waals surface area (Å²) in [7, 11) is 0. The third-order valence-electron chi connectivity index (χ3n) is 5.47. The maximum Gasteiger partial charge on any atom is 0.311 e. The van der Waals surface area contributed by atoms with Crippen molar-refractivity contribution in [2.45, 2.75) is 40.0 Å². The fourth-order valence-electron chi connectivity index (χ4n) is 3.57. The number of nitrogens with zero attached hydrogens (tertiary/aromatic N) is 1. The lowest BCUT2D eigenvalue weighted by molar-refractivity contribution is -0.151. The summed E-state index contributed by atoms with van der Waals surface area (Å²) in [5, 5.41) is 12.4. The highest BCUT2D eigenvalue weighted by Gasteiger charge is 2.48. The van der Waals surface area contributed by atoms with Crippen LogP contribution < -0.4 is 10.1 Å². The van der Waals surface area contributed by atoms with E-state index in [1.165, 1.54) is 0 Å². The van der Waals surface area contributed by atoms with E-state index in [-0.39, 0.29) is 30.7 Å². The molecule has 0 aliphatic carbocycles. The molecule has 1 aliphatic heterocycles. The summed E-state index contributed by atoms with van der Waals surface area (Å²) < 4.78 is 5.46. The largest absolute Gasteiger partial charge is 0.493 e. The molecule has 1 fully saturated rings. The van der Waals surface area contributed by atoms with Crippen molar-refractivity contribution in [3.63, 3.8) is 0 Å². The Morgan fingerprint density at radius 3 is 2.61 bits per heavy atom. The predicted molar refractivity (Wildman–Crippen MR) is 105 cm³/mol. The van der Waals surface area contributed by atoms with Crippen molar-refractivity contribution in [3.05, 3.63) is 29.8 Å². The van der Waals surface area contributed by atoms with Crippen LogP contribution in [0.15, 0.2) is 24.3 Å². The van der Waals surface area contributed by atoms with Crippen LogP contribution in [0.4, 0.5) is 0 Å². The van der Waals surface area contributed by atoms with Crippen LogP contribution in [0.25, 0.3) is 0 Å². The summed E-state index contributed by atoms with van der Waals surface area (Å²) in [5.74, 6) is -0.630. The number of amides is 2. The molecule has 1 unspecified atom stereocenters. The van der Waals surface area contributed by atoms with Gasteiger partial charge in [-0.15, -0.1) is 0 Å². The topological polar surface area (TPSA) is 95.9 Å². The molecule has 1 aromatic carbocycles. The molecule has 0 spiro atoms. The van der Waals surface area contributed by atoms with Gasteiger partial charge in [-0.05, 0) is 37.8 Å². The van der Waals surface area contributed by atoms with Crippen LogP contribution in [0.2, 0.25) is 0 Å². The predicted octanol–water partition coefficient (Wildman–Crippen LogP) is 2.55. The normalized spacial score (nSPS) is 18.9. The number of nitrogens with one attached hydrogen (secondary N) is 1. The molecule has 28 heavy (non-hydrogen) atoms. The smallest absolute Gasteiger partial charge is 0.311 e. The minimum Gasteiger partial charge on any atom is -0.493 e. The second kappa shape index (κ2) is 9.57. The molecule has 0 bridgehead atoms. The van der Waals surface area contributed by atoms with Crippen molar-refractivity contribution in [2.75, 3.05) is 26.2 Å². The molecule has 7 heteroatoms. The lowest BCUT2D eigenvalue weighted by atomic mass is 9.76. The Hall–Kier alpha value is -2.57. The van der Waals surface area contributed by atoms with E-state index < -0.39 is 11.4 Å². The number of benzene rings is 1. The number of likely N-dealkylation sites (tertiary alicyclic amines) is 1. The van der Waals surface area contributed by atoms with Gasteiger partial charge in [0, 0.05) is 26.1 Å². The standard InChI is InChI=1S/C21H30N2O5/c1-4-28-17-9-6-5-8-16(17)19(25)22-12-7-10-18(24)23-13-11-21(14-23,15(2)3)20(26)27/h5-6,8-9,15H,4,7,10-14H2,1-3H3,(H,22,25)(H,26,27). The fourth-order valence-corrected chi connectivity index (χ4v) is 3.57. The van der Waals surface area contributed by atoms with Gasteiger partial charge in [-0.1, -0.05) is 26.0 Å². The van der Waals surface area contributed by atoms with Crippen molar-refractivity contribution in [1.29, 1.82) is 0 Å². The van der Waals surface area contributed by atoms with Crippen LogP contribution in [0.5, 0.6) is 5.75 Å². The quantitative estimate of drug-likeness (QED) is 0.632. The van der Waals surface area contributed by atoms with E-state index in [9.17, 15) is 19.5 Å². The van der Waals surface area contributed by atoms with Gasteiger partial charge in [0.15, 0.2) is 0 Å². The lowest BCUT2D eigenvalue weighted by Gasteiger charge is -2.28. The number of carboxylic acid groups (broad SMARTS) is 1. The summed E-state index contributed by atoms with van der Waals surface area (Å²) in [5.41, 5.74) is -0.384. The molecule has 2 N–H and O–H groups in total. The number of carboxylic acids is 1. The van der Waals surface area contributed by atoms with Crippen molar-refractivity contribution in [3.8, 4) is 5.75 Å². The first-order valence-corrected chi connectivity index (χ1v) is 9.83. The molecule has 154 valence electrons. The lowest BCUT2D eigenvalue weighted by Crippen LogP contribution is -2.40. The van der Waals surface area contributed by atoms with E-state index in [4.69, 9.17) is 4.74 Å². The molecule has 0 radical (unpaired) electrons. The molecule has 7 nitrogen and oxygen atoms in total. The Morgan fingerprint density at radius 2 is 2.00 bits per heavy atom. The van der Waals surface area contributed by atoms with E-state index in [1.54, 1.807) is 23.1 Å². The number of para-hydroxylation sites is 1. The number of ether oxygens (including phenoxy) is 1. The highest BCUT2D eigenvalue weighted by molar-refractivity contribution is 5.96. The van der Waals surface area contributed by atoms with Crippen molar-refractivity contribution in [2.24, 2.45) is 11.3 Å². The van der Waals surface area contributed by atoms with Crippen molar-refractivity contribution < 1.29 is 24.2 Å². The number of hydrogen-bond acceptors (Lipinski definition) is 4. The summed E-state index contributed by atoms with van der Waals surface area (Å²) in [6, 6.07) is 7.04. The number of hydrogen-bond donors (Lipinski definition) is 2. The van der Waals surface area contributed by atoms with Crippen molar-refractivity contribution in [1.82, 2.24) is 10.2 Å². The van der Waals surface area contributed by atoms with E-state index >= 15 is 0 Å². The number of carbonyl (C=O) groups excluding carboxylic acids is 2. The zero-order valence-electron chi connectivity index (χ0n) is 16.9. The molecule has 1 heterocycles. The molecular weight excluding hydrogens is 360 g/mol. The van der Waals surface area contributed by atoms with Crippen LogP contribution in [0.1, 0.15) is 50.4 Å². The SMILES string of the molecule is CCOc1ccccc1C(=O)NCCCC(=O)N1CCC(C(=O)O)(C(C)C)C1. The molecule has 2 amide bonds. The van der Waals surface area contributed by atoms with Crippen LogP contribution in [0.3, 0.4) is 0 Å². The minimum atomic E-state index is -0.854. The number of rotatable bonds is 9. The van der Waals surface area contributed by atoms with Crippen LogP contribution in [-0.4, -0.2) is 54.0 Å². The van der Waals surface area contributed by atoms with Gasteiger partial charge < -0.3 is 20.1 Å². The van der Waals surface area contributed by atoms with Crippen LogP contribution in [-0.2, 0) is 9.59 Å². The molecule has 1 saturated heterocycles. The Morgan fingerprint density at radius 1 is 1.29 bits per heavy atom. The molecule has 1 aliphatic rings. The van der Waals surface area contributed by atoms with Gasteiger partial charge >= 0.3 is 5.97 Å². The van der Waals surface area contributed by atoms with Gasteiger partial charge in [0.2, 0.25) is 5.91 Å². The highest BCUT2D eigenvalue weighted by Crippen LogP contribution is 2.38.